The number of benzene rings is 1. The Hall–Kier alpha value is -2.08. The molecule has 2 N–H and O–H groups in total. The Labute approximate surface area is 122 Å². The number of sulfone groups is 1. The van der Waals surface area contributed by atoms with E-state index in [1.165, 1.54) is 11.1 Å². The molecule has 0 saturated carbocycles. The van der Waals surface area contributed by atoms with Crippen LogP contribution in [0.3, 0.4) is 0 Å². The predicted molar refractivity (Wildman–Crippen MR) is 81.1 cm³/mol. The topological polar surface area (TPSA) is 78.6 Å². The molecule has 0 atom stereocenters. The van der Waals surface area contributed by atoms with Crippen molar-refractivity contribution in [3.05, 3.63) is 35.0 Å². The van der Waals surface area contributed by atoms with Gasteiger partial charge in [-0.3, -0.25) is 0 Å². The number of nitrogens with one attached hydrogen (secondary N) is 2. The molecular formula is C15H15N3O2S. The molecule has 0 saturated heterocycles. The van der Waals surface area contributed by atoms with E-state index in [0.717, 1.165) is 22.3 Å². The molecule has 0 fully saturated rings. The summed E-state index contributed by atoms with van der Waals surface area (Å²) in [6.07, 6.45) is 2.13. The van der Waals surface area contributed by atoms with E-state index in [4.69, 9.17) is 0 Å². The van der Waals surface area contributed by atoms with Crippen molar-refractivity contribution in [2.45, 2.75) is 25.2 Å². The second-order valence-electron chi connectivity index (χ2n) is 5.61. The lowest BCUT2D eigenvalue weighted by molar-refractivity contribution is 0.600. The van der Waals surface area contributed by atoms with Crippen LogP contribution in [0.1, 0.15) is 16.7 Å². The summed E-state index contributed by atoms with van der Waals surface area (Å²) in [5.74, 6) is 0.894. The molecule has 0 radical (unpaired) electrons. The molecule has 0 aliphatic carbocycles. The van der Waals surface area contributed by atoms with Gasteiger partial charge in [0, 0.05) is 11.8 Å². The highest BCUT2D eigenvalue weighted by Crippen LogP contribution is 2.34. The first kappa shape index (κ1) is 12.6. The third-order valence-electron chi connectivity index (χ3n) is 4.24. The van der Waals surface area contributed by atoms with E-state index in [1.807, 2.05) is 6.07 Å². The fraction of sp³-hybridized carbons (Fsp3) is 0.267. The monoisotopic (exact) mass is 301 g/mol. The Morgan fingerprint density at radius 2 is 1.95 bits per heavy atom. The van der Waals surface area contributed by atoms with Crippen LogP contribution >= 0.6 is 0 Å². The van der Waals surface area contributed by atoms with Crippen molar-refractivity contribution in [2.75, 3.05) is 5.75 Å². The smallest absolute Gasteiger partial charge is 0.180 e. The first-order valence-electron chi connectivity index (χ1n) is 6.86. The van der Waals surface area contributed by atoms with E-state index < -0.39 is 9.84 Å². The second kappa shape index (κ2) is 3.98. The molecule has 3 heterocycles. The maximum absolute atomic E-state index is 11.9. The van der Waals surface area contributed by atoms with Gasteiger partial charge in [0.2, 0.25) is 0 Å². The maximum atomic E-state index is 11.9. The summed E-state index contributed by atoms with van der Waals surface area (Å²) in [5.41, 5.74) is 5.91. The van der Waals surface area contributed by atoms with E-state index in [-0.39, 0.29) is 5.75 Å². The number of imidazole rings is 1. The number of aromatic amines is 2. The second-order valence-corrected chi connectivity index (χ2v) is 7.69. The zero-order valence-corrected chi connectivity index (χ0v) is 12.6. The van der Waals surface area contributed by atoms with Gasteiger partial charge in [-0.1, -0.05) is 0 Å². The Kier molecular flexibility index (Phi) is 2.39. The van der Waals surface area contributed by atoms with Gasteiger partial charge in [0.1, 0.15) is 0 Å². The van der Waals surface area contributed by atoms with Crippen LogP contribution in [0.5, 0.6) is 0 Å². The minimum Gasteiger partial charge on any atom is -0.357 e. The van der Waals surface area contributed by atoms with Crippen LogP contribution in [0.2, 0.25) is 0 Å². The lowest BCUT2D eigenvalue weighted by Crippen LogP contribution is -1.98. The van der Waals surface area contributed by atoms with Gasteiger partial charge in [0.05, 0.1) is 27.4 Å². The van der Waals surface area contributed by atoms with Gasteiger partial charge in [-0.2, -0.15) is 0 Å². The largest absolute Gasteiger partial charge is 0.357 e. The third kappa shape index (κ3) is 1.75. The number of aryl methyl sites for hydroxylation is 2. The van der Waals surface area contributed by atoms with Crippen molar-refractivity contribution in [1.82, 2.24) is 15.0 Å². The molecule has 0 bridgehead atoms. The van der Waals surface area contributed by atoms with Crippen LogP contribution in [0.25, 0.3) is 22.6 Å². The number of rotatable bonds is 1. The van der Waals surface area contributed by atoms with Crippen molar-refractivity contribution in [3.63, 3.8) is 0 Å². The summed E-state index contributed by atoms with van der Waals surface area (Å²) >= 11 is 0. The third-order valence-corrected chi connectivity index (χ3v) is 6.01. The molecule has 0 unspecified atom stereocenters. The van der Waals surface area contributed by atoms with Gasteiger partial charge in [-0.05, 0) is 43.5 Å². The van der Waals surface area contributed by atoms with Gasteiger partial charge in [0.25, 0.3) is 0 Å². The van der Waals surface area contributed by atoms with E-state index in [9.17, 15) is 8.42 Å². The summed E-state index contributed by atoms with van der Waals surface area (Å²) in [6, 6.07) is 4.12. The van der Waals surface area contributed by atoms with E-state index in [1.54, 1.807) is 6.20 Å². The summed E-state index contributed by atoms with van der Waals surface area (Å²) < 4.78 is 23.8. The van der Waals surface area contributed by atoms with E-state index in [0.29, 0.717) is 17.1 Å². The average Bonchev–Trinajstić information content (AvgIpc) is 3.06. The van der Waals surface area contributed by atoms with Crippen LogP contribution < -0.4 is 0 Å². The standard InChI is InChI=1S/C15H15N3O2S/c1-8-5-11-12(6-9(8)2)18-15(17-11)14-10-3-4-21(19,20)13(10)7-16-14/h5-7,16H,3-4H2,1-2H3,(H,17,18). The van der Waals surface area contributed by atoms with Gasteiger partial charge >= 0.3 is 0 Å². The Morgan fingerprint density at radius 1 is 1.19 bits per heavy atom. The van der Waals surface area contributed by atoms with Crippen LogP contribution in [0, 0.1) is 13.8 Å². The number of fused-ring (bicyclic) bond motifs is 2. The number of aromatic nitrogens is 3. The summed E-state index contributed by atoms with van der Waals surface area (Å²) in [4.78, 5) is 11.4. The molecule has 6 heteroatoms. The summed E-state index contributed by atoms with van der Waals surface area (Å²) in [5, 5.41) is 0. The van der Waals surface area contributed by atoms with Crippen LogP contribution in [0.4, 0.5) is 0 Å². The fourth-order valence-corrected chi connectivity index (χ4v) is 4.42. The van der Waals surface area contributed by atoms with E-state index in [2.05, 4.69) is 34.9 Å². The molecule has 1 aliphatic rings. The molecule has 4 rings (SSSR count). The molecule has 1 aliphatic heterocycles. The van der Waals surface area contributed by atoms with E-state index >= 15 is 0 Å². The number of H-pyrrole nitrogens is 2. The SMILES string of the molecule is Cc1cc2nc(-c3[nH]cc4c3CCS4(=O)=O)[nH]c2cc1C. The van der Waals surface area contributed by atoms with Crippen LogP contribution in [-0.4, -0.2) is 29.1 Å². The minimum absolute atomic E-state index is 0.192. The zero-order valence-electron chi connectivity index (χ0n) is 11.8. The highest BCUT2D eigenvalue weighted by atomic mass is 32.2. The lowest BCUT2D eigenvalue weighted by atomic mass is 10.1. The molecule has 0 spiro atoms. The van der Waals surface area contributed by atoms with Crippen LogP contribution in [0.15, 0.2) is 23.2 Å². The Bertz CT molecular complexity index is 941. The molecular weight excluding hydrogens is 286 g/mol. The van der Waals surface area contributed by atoms with Gasteiger partial charge in [-0.15, -0.1) is 0 Å². The highest BCUT2D eigenvalue weighted by Gasteiger charge is 2.31. The molecule has 0 amide bonds. The Morgan fingerprint density at radius 3 is 2.76 bits per heavy atom. The predicted octanol–water partition coefficient (Wildman–Crippen LogP) is 2.50. The maximum Gasteiger partial charge on any atom is 0.180 e. The fourth-order valence-electron chi connectivity index (χ4n) is 2.91. The van der Waals surface area contributed by atoms with Gasteiger partial charge in [-0.25, -0.2) is 13.4 Å². The van der Waals surface area contributed by atoms with Crippen molar-refractivity contribution < 1.29 is 8.42 Å². The highest BCUT2D eigenvalue weighted by molar-refractivity contribution is 7.91. The average molecular weight is 301 g/mol. The number of hydrogen-bond acceptors (Lipinski definition) is 3. The molecule has 2 aromatic heterocycles. The van der Waals surface area contributed by atoms with Crippen molar-refractivity contribution in [2.24, 2.45) is 0 Å². The first-order chi connectivity index (χ1) is 9.95. The van der Waals surface area contributed by atoms with Gasteiger partial charge < -0.3 is 9.97 Å². The lowest BCUT2D eigenvalue weighted by Gasteiger charge is -1.97. The first-order valence-corrected chi connectivity index (χ1v) is 8.51. The van der Waals surface area contributed by atoms with Crippen LogP contribution in [-0.2, 0) is 16.3 Å². The Balaban J connectivity index is 1.92. The van der Waals surface area contributed by atoms with Crippen molar-refractivity contribution >= 4 is 20.9 Å². The van der Waals surface area contributed by atoms with Crippen molar-refractivity contribution in [1.29, 1.82) is 0 Å². The molecule has 3 aromatic rings. The van der Waals surface area contributed by atoms with Crippen molar-refractivity contribution in [3.8, 4) is 11.5 Å². The number of nitrogens with zero attached hydrogens (tertiary/aromatic N) is 1. The summed E-state index contributed by atoms with van der Waals surface area (Å²) in [6.45, 7) is 4.12. The van der Waals surface area contributed by atoms with Gasteiger partial charge in [0.15, 0.2) is 15.7 Å². The normalized spacial score (nSPS) is 16.5. The number of hydrogen-bond donors (Lipinski definition) is 2. The molecule has 21 heavy (non-hydrogen) atoms. The molecule has 1 aromatic carbocycles. The minimum atomic E-state index is -3.11. The zero-order chi connectivity index (χ0) is 14.8. The molecule has 108 valence electrons. The summed E-state index contributed by atoms with van der Waals surface area (Å²) in [7, 11) is -3.11. The molecule has 5 nitrogen and oxygen atoms in total. The quantitative estimate of drug-likeness (QED) is 0.725.